The number of sulfone groups is 1. The number of hydrogen-bond donors (Lipinski definition) is 1. The molecule has 0 spiro atoms. The number of nitriles is 1. The SMILES string of the molecule is CC(C)(C)S(=O)(=O)C(C#N)=CNN=Cc1ccsc1. The molecule has 0 radical (unpaired) electrons. The summed E-state index contributed by atoms with van der Waals surface area (Å²) >= 11 is 1.53. The molecule has 1 rings (SSSR count). The number of hydrogen-bond acceptors (Lipinski definition) is 6. The van der Waals surface area contributed by atoms with Gasteiger partial charge in [0.15, 0.2) is 14.7 Å². The van der Waals surface area contributed by atoms with Gasteiger partial charge in [-0.3, -0.25) is 5.43 Å². The summed E-state index contributed by atoms with van der Waals surface area (Å²) in [5.41, 5.74) is 3.37. The normalized spacial score (nSPS) is 13.5. The zero-order valence-electron chi connectivity index (χ0n) is 10.9. The van der Waals surface area contributed by atoms with E-state index in [-0.39, 0.29) is 4.91 Å². The lowest BCUT2D eigenvalue weighted by Crippen LogP contribution is -2.29. The number of rotatable bonds is 4. The van der Waals surface area contributed by atoms with Gasteiger partial charge < -0.3 is 0 Å². The van der Waals surface area contributed by atoms with Crippen molar-refractivity contribution in [3.05, 3.63) is 33.5 Å². The molecule has 7 heteroatoms. The molecule has 0 aliphatic carbocycles. The van der Waals surface area contributed by atoms with Crippen molar-refractivity contribution in [2.75, 3.05) is 0 Å². The number of allylic oxidation sites excluding steroid dienone is 1. The fourth-order valence-corrected chi connectivity index (χ4v) is 2.65. The van der Waals surface area contributed by atoms with Crippen LogP contribution in [-0.4, -0.2) is 19.4 Å². The second-order valence-electron chi connectivity index (χ2n) is 4.68. The van der Waals surface area contributed by atoms with Gasteiger partial charge in [-0.1, -0.05) is 0 Å². The summed E-state index contributed by atoms with van der Waals surface area (Å²) in [5, 5.41) is 16.6. The van der Waals surface area contributed by atoms with Gasteiger partial charge in [0.2, 0.25) is 0 Å². The van der Waals surface area contributed by atoms with Crippen LogP contribution in [0.1, 0.15) is 26.3 Å². The Kier molecular flexibility index (Phi) is 4.86. The van der Waals surface area contributed by atoms with Crippen LogP contribution in [0.3, 0.4) is 0 Å². The molecule has 1 aromatic rings. The Morgan fingerprint density at radius 3 is 2.68 bits per heavy atom. The van der Waals surface area contributed by atoms with Crippen LogP contribution in [0.4, 0.5) is 0 Å². The van der Waals surface area contributed by atoms with Crippen LogP contribution in [0.25, 0.3) is 0 Å². The van der Waals surface area contributed by atoms with Crippen molar-refractivity contribution >= 4 is 27.4 Å². The van der Waals surface area contributed by atoms with Gasteiger partial charge in [0, 0.05) is 11.8 Å². The van der Waals surface area contributed by atoms with Crippen molar-refractivity contribution in [2.24, 2.45) is 5.10 Å². The van der Waals surface area contributed by atoms with E-state index in [1.54, 1.807) is 33.1 Å². The summed E-state index contributed by atoms with van der Waals surface area (Å²) in [6.45, 7) is 4.63. The topological polar surface area (TPSA) is 82.3 Å². The lowest BCUT2D eigenvalue weighted by Gasteiger charge is -2.17. The summed E-state index contributed by atoms with van der Waals surface area (Å²) in [5.74, 6) is 0. The minimum Gasteiger partial charge on any atom is -0.284 e. The lowest BCUT2D eigenvalue weighted by molar-refractivity contribution is 0.568. The Balaban J connectivity index is 2.83. The van der Waals surface area contributed by atoms with Gasteiger partial charge in [-0.15, -0.1) is 0 Å². The molecule has 5 nitrogen and oxygen atoms in total. The van der Waals surface area contributed by atoms with Gasteiger partial charge in [-0.2, -0.15) is 21.7 Å². The molecule has 0 bridgehead atoms. The molecule has 0 aliphatic rings. The van der Waals surface area contributed by atoms with E-state index in [0.717, 1.165) is 11.8 Å². The van der Waals surface area contributed by atoms with Crippen molar-refractivity contribution < 1.29 is 8.42 Å². The highest BCUT2D eigenvalue weighted by Gasteiger charge is 2.33. The van der Waals surface area contributed by atoms with Crippen LogP contribution >= 0.6 is 11.3 Å². The molecule has 102 valence electrons. The van der Waals surface area contributed by atoms with Crippen molar-refractivity contribution in [1.29, 1.82) is 5.26 Å². The van der Waals surface area contributed by atoms with E-state index in [0.29, 0.717) is 0 Å². The first-order valence-electron chi connectivity index (χ1n) is 5.45. The maximum atomic E-state index is 12.0. The average Bonchev–Trinajstić information content (AvgIpc) is 2.80. The van der Waals surface area contributed by atoms with Crippen LogP contribution in [-0.2, 0) is 9.84 Å². The molecule has 0 amide bonds. The predicted molar refractivity (Wildman–Crippen MR) is 77.4 cm³/mol. The molecule has 1 N–H and O–H groups in total. The maximum Gasteiger partial charge on any atom is 0.194 e. The Hall–Kier alpha value is -1.65. The minimum absolute atomic E-state index is 0.331. The molecular weight excluding hydrogens is 282 g/mol. The highest BCUT2D eigenvalue weighted by atomic mass is 32.2. The summed E-state index contributed by atoms with van der Waals surface area (Å²) in [6.07, 6.45) is 2.65. The zero-order chi connectivity index (χ0) is 14.5. The highest BCUT2D eigenvalue weighted by molar-refractivity contribution is 7.96. The van der Waals surface area contributed by atoms with E-state index in [1.807, 2.05) is 16.8 Å². The molecule has 0 saturated carbocycles. The summed E-state index contributed by atoms with van der Waals surface area (Å²) in [7, 11) is -3.66. The molecule has 0 saturated heterocycles. The van der Waals surface area contributed by atoms with E-state index in [9.17, 15) is 8.42 Å². The van der Waals surface area contributed by atoms with E-state index in [1.165, 1.54) is 11.3 Å². The first-order chi connectivity index (χ1) is 8.79. The fraction of sp³-hybridized carbons (Fsp3) is 0.333. The van der Waals surface area contributed by atoms with Gasteiger partial charge >= 0.3 is 0 Å². The smallest absolute Gasteiger partial charge is 0.194 e. The summed E-state index contributed by atoms with van der Waals surface area (Å²) in [4.78, 5) is -0.331. The fourth-order valence-electron chi connectivity index (χ4n) is 1.06. The average molecular weight is 297 g/mol. The molecule has 0 fully saturated rings. The van der Waals surface area contributed by atoms with Crippen molar-refractivity contribution in [2.45, 2.75) is 25.5 Å². The van der Waals surface area contributed by atoms with Gasteiger partial charge in [0.1, 0.15) is 6.07 Å². The summed E-state index contributed by atoms with van der Waals surface area (Å²) in [6, 6.07) is 3.55. The van der Waals surface area contributed by atoms with Crippen LogP contribution in [0.15, 0.2) is 33.0 Å². The van der Waals surface area contributed by atoms with Crippen molar-refractivity contribution in [3.8, 4) is 6.07 Å². The van der Waals surface area contributed by atoms with Crippen LogP contribution < -0.4 is 5.43 Å². The number of nitrogens with zero attached hydrogens (tertiary/aromatic N) is 2. The highest BCUT2D eigenvalue weighted by Crippen LogP contribution is 2.22. The molecule has 1 aromatic heterocycles. The van der Waals surface area contributed by atoms with Crippen molar-refractivity contribution in [3.63, 3.8) is 0 Å². The van der Waals surface area contributed by atoms with Gasteiger partial charge in [0.05, 0.1) is 11.0 Å². The Bertz CT molecular complexity index is 615. The predicted octanol–water partition coefficient (Wildman–Crippen LogP) is 2.25. The van der Waals surface area contributed by atoms with Crippen LogP contribution in [0.5, 0.6) is 0 Å². The van der Waals surface area contributed by atoms with Gasteiger partial charge in [-0.05, 0) is 37.6 Å². The third kappa shape index (κ3) is 3.91. The quantitative estimate of drug-likeness (QED) is 0.525. The minimum atomic E-state index is -3.66. The first-order valence-corrected chi connectivity index (χ1v) is 7.87. The summed E-state index contributed by atoms with van der Waals surface area (Å²) < 4.78 is 23.0. The number of thiophene rings is 1. The van der Waals surface area contributed by atoms with Crippen molar-refractivity contribution in [1.82, 2.24) is 5.43 Å². The Morgan fingerprint density at radius 2 is 2.21 bits per heavy atom. The molecule has 0 unspecified atom stereocenters. The van der Waals surface area contributed by atoms with Crippen LogP contribution in [0, 0.1) is 11.3 Å². The first kappa shape index (κ1) is 15.4. The van der Waals surface area contributed by atoms with E-state index in [2.05, 4.69) is 10.5 Å². The zero-order valence-corrected chi connectivity index (χ0v) is 12.5. The molecular formula is C12H15N3O2S2. The lowest BCUT2D eigenvalue weighted by atomic mass is 10.3. The van der Waals surface area contributed by atoms with Gasteiger partial charge in [0.25, 0.3) is 0 Å². The largest absolute Gasteiger partial charge is 0.284 e. The Labute approximate surface area is 117 Å². The maximum absolute atomic E-state index is 12.0. The monoisotopic (exact) mass is 297 g/mol. The molecule has 0 aromatic carbocycles. The van der Waals surface area contributed by atoms with Gasteiger partial charge in [-0.25, -0.2) is 8.42 Å². The number of nitrogens with one attached hydrogen (secondary N) is 1. The van der Waals surface area contributed by atoms with E-state index in [4.69, 9.17) is 5.26 Å². The van der Waals surface area contributed by atoms with E-state index >= 15 is 0 Å². The third-order valence-corrected chi connectivity index (χ3v) is 5.33. The molecule has 19 heavy (non-hydrogen) atoms. The van der Waals surface area contributed by atoms with Crippen LogP contribution in [0.2, 0.25) is 0 Å². The third-order valence-electron chi connectivity index (χ3n) is 2.23. The van der Waals surface area contributed by atoms with E-state index < -0.39 is 14.6 Å². The second-order valence-corrected chi connectivity index (χ2v) is 8.13. The second kappa shape index (κ2) is 5.99. The molecule has 1 heterocycles. The standard InChI is InChI=1S/C12H15N3O2S2/c1-12(2,3)19(16,17)11(6-13)8-15-14-7-10-4-5-18-9-10/h4-5,7-9,15H,1-3H3. The number of hydrazone groups is 1. The Morgan fingerprint density at radius 1 is 1.53 bits per heavy atom. The molecule has 0 atom stereocenters. The molecule has 0 aliphatic heterocycles.